The maximum Gasteiger partial charge on any atom is 0.205 e. The average Bonchev–Trinajstić information content (AvgIpc) is 3.02. The van der Waals surface area contributed by atoms with Gasteiger partial charge in [0.1, 0.15) is 0 Å². The van der Waals surface area contributed by atoms with E-state index in [2.05, 4.69) is 39.8 Å². The molecule has 2 bridgehead atoms. The van der Waals surface area contributed by atoms with E-state index in [4.69, 9.17) is 0 Å². The Labute approximate surface area is 116 Å². The molecule has 0 aromatic carbocycles. The molecule has 0 aliphatic carbocycles. The van der Waals surface area contributed by atoms with Crippen molar-refractivity contribution in [2.24, 2.45) is 0 Å². The highest BCUT2D eigenvalue weighted by atomic mass is 15.3. The van der Waals surface area contributed by atoms with Crippen LogP contribution in [0.15, 0.2) is 12.4 Å². The second-order valence-corrected chi connectivity index (χ2v) is 5.97. The summed E-state index contributed by atoms with van der Waals surface area (Å²) in [5, 5.41) is 3.74. The number of piperidine rings is 1. The summed E-state index contributed by atoms with van der Waals surface area (Å²) in [4.78, 5) is 7.19. The molecule has 0 amide bonds. The summed E-state index contributed by atoms with van der Waals surface area (Å²) in [5.74, 6) is 1.18. The van der Waals surface area contributed by atoms with Gasteiger partial charge in [-0.15, -0.1) is 0 Å². The van der Waals surface area contributed by atoms with Gasteiger partial charge in [0.25, 0.3) is 0 Å². The topological polar surface area (TPSA) is 33.1 Å². The average molecular weight is 262 g/mol. The van der Waals surface area contributed by atoms with Gasteiger partial charge in [-0.3, -0.25) is 0 Å². The highest BCUT2D eigenvalue weighted by molar-refractivity contribution is 5.34. The van der Waals surface area contributed by atoms with E-state index in [9.17, 15) is 0 Å². The van der Waals surface area contributed by atoms with Crippen molar-refractivity contribution in [1.82, 2.24) is 14.9 Å². The minimum Gasteiger partial charge on any atom is -0.339 e. The highest BCUT2D eigenvalue weighted by Gasteiger charge is 2.36. The van der Waals surface area contributed by atoms with E-state index in [0.717, 1.165) is 25.2 Å². The maximum absolute atomic E-state index is 4.62. The number of imidazole rings is 1. The highest BCUT2D eigenvalue weighted by Crippen LogP contribution is 2.31. The van der Waals surface area contributed by atoms with Gasteiger partial charge in [-0.25, -0.2) is 4.98 Å². The zero-order valence-electron chi connectivity index (χ0n) is 12.2. The van der Waals surface area contributed by atoms with Crippen molar-refractivity contribution in [3.63, 3.8) is 0 Å². The summed E-state index contributed by atoms with van der Waals surface area (Å²) < 4.78 is 2.28. The van der Waals surface area contributed by atoms with E-state index in [-0.39, 0.29) is 0 Å². The Kier molecular flexibility index (Phi) is 3.78. The van der Waals surface area contributed by atoms with E-state index in [1.165, 1.54) is 38.1 Å². The second kappa shape index (κ2) is 5.53. The van der Waals surface area contributed by atoms with Gasteiger partial charge in [0.05, 0.1) is 0 Å². The fraction of sp³-hybridized carbons (Fsp3) is 0.800. The molecular weight excluding hydrogens is 236 g/mol. The quantitative estimate of drug-likeness (QED) is 0.884. The molecule has 2 saturated heterocycles. The standard InChI is InChI=1S/C15H26N4/c1-3-8-19(15-16-7-9-18(15)4-2)14-10-12-5-6-13(11-14)17-12/h7,9,12-14,17H,3-6,8,10-11H2,1-2H3. The Morgan fingerprint density at radius 3 is 2.68 bits per heavy atom. The Balaban J connectivity index is 1.80. The van der Waals surface area contributed by atoms with Gasteiger partial charge in [-0.05, 0) is 39.0 Å². The van der Waals surface area contributed by atoms with Gasteiger partial charge < -0.3 is 14.8 Å². The molecule has 0 saturated carbocycles. The molecule has 2 aliphatic heterocycles. The fourth-order valence-electron chi connectivity index (χ4n) is 3.78. The minimum absolute atomic E-state index is 0.673. The molecule has 2 atom stereocenters. The van der Waals surface area contributed by atoms with Crippen molar-refractivity contribution in [2.45, 2.75) is 70.6 Å². The van der Waals surface area contributed by atoms with Crippen LogP contribution in [0.4, 0.5) is 5.95 Å². The zero-order valence-corrected chi connectivity index (χ0v) is 12.2. The molecule has 2 aliphatic rings. The van der Waals surface area contributed by atoms with Crippen LogP contribution in [0.1, 0.15) is 46.0 Å². The summed E-state index contributed by atoms with van der Waals surface area (Å²) in [7, 11) is 0. The number of hydrogen-bond donors (Lipinski definition) is 1. The first kappa shape index (κ1) is 13.0. The third-order valence-corrected chi connectivity index (χ3v) is 4.64. The monoisotopic (exact) mass is 262 g/mol. The van der Waals surface area contributed by atoms with Crippen LogP contribution in [0.25, 0.3) is 0 Å². The Morgan fingerprint density at radius 2 is 2.05 bits per heavy atom. The van der Waals surface area contributed by atoms with E-state index in [0.29, 0.717) is 6.04 Å². The molecule has 2 unspecified atom stereocenters. The van der Waals surface area contributed by atoms with Crippen LogP contribution in [-0.2, 0) is 6.54 Å². The molecule has 0 spiro atoms. The Morgan fingerprint density at radius 1 is 1.32 bits per heavy atom. The number of aromatic nitrogens is 2. The maximum atomic E-state index is 4.62. The molecule has 106 valence electrons. The lowest BCUT2D eigenvalue weighted by Gasteiger charge is -2.38. The van der Waals surface area contributed by atoms with Crippen LogP contribution >= 0.6 is 0 Å². The molecule has 1 aromatic heterocycles. The molecule has 3 heterocycles. The smallest absolute Gasteiger partial charge is 0.205 e. The largest absolute Gasteiger partial charge is 0.339 e. The number of fused-ring (bicyclic) bond motifs is 2. The SMILES string of the molecule is CCCN(c1nccn1CC)C1CC2CCC(C1)N2. The van der Waals surface area contributed by atoms with Crippen molar-refractivity contribution in [2.75, 3.05) is 11.4 Å². The first-order valence-corrected chi connectivity index (χ1v) is 7.85. The van der Waals surface area contributed by atoms with Gasteiger partial charge in [-0.2, -0.15) is 0 Å². The number of nitrogens with one attached hydrogen (secondary N) is 1. The molecule has 0 radical (unpaired) electrons. The zero-order chi connectivity index (χ0) is 13.2. The summed E-state index contributed by atoms with van der Waals surface area (Å²) in [5.41, 5.74) is 0. The molecule has 1 N–H and O–H groups in total. The van der Waals surface area contributed by atoms with Crippen LogP contribution in [-0.4, -0.2) is 34.2 Å². The third kappa shape index (κ3) is 2.50. The summed E-state index contributed by atoms with van der Waals surface area (Å²) in [6, 6.07) is 2.16. The van der Waals surface area contributed by atoms with E-state index < -0.39 is 0 Å². The van der Waals surface area contributed by atoms with Gasteiger partial charge in [0.15, 0.2) is 0 Å². The molecule has 1 aromatic rings. The van der Waals surface area contributed by atoms with Crippen LogP contribution in [0.2, 0.25) is 0 Å². The van der Waals surface area contributed by atoms with E-state index >= 15 is 0 Å². The molecule has 19 heavy (non-hydrogen) atoms. The van der Waals surface area contributed by atoms with Crippen LogP contribution < -0.4 is 10.2 Å². The first-order valence-electron chi connectivity index (χ1n) is 7.85. The van der Waals surface area contributed by atoms with Crippen molar-refractivity contribution < 1.29 is 0 Å². The van der Waals surface area contributed by atoms with Gasteiger partial charge in [-0.1, -0.05) is 6.92 Å². The number of aryl methyl sites for hydroxylation is 1. The first-order chi connectivity index (χ1) is 9.31. The lowest BCUT2D eigenvalue weighted by molar-refractivity contribution is 0.343. The van der Waals surface area contributed by atoms with Crippen molar-refractivity contribution in [3.8, 4) is 0 Å². The Hall–Kier alpha value is -1.03. The van der Waals surface area contributed by atoms with E-state index in [1.807, 2.05) is 6.20 Å². The predicted molar refractivity (Wildman–Crippen MR) is 78.5 cm³/mol. The number of hydrogen-bond acceptors (Lipinski definition) is 3. The number of anilines is 1. The molecule has 4 nitrogen and oxygen atoms in total. The second-order valence-electron chi connectivity index (χ2n) is 5.97. The van der Waals surface area contributed by atoms with Crippen molar-refractivity contribution in [1.29, 1.82) is 0 Å². The Bertz CT molecular complexity index is 402. The molecule has 4 heteroatoms. The minimum atomic E-state index is 0.673. The predicted octanol–water partition coefficient (Wildman–Crippen LogP) is 2.40. The van der Waals surface area contributed by atoms with Crippen LogP contribution in [0.5, 0.6) is 0 Å². The number of rotatable bonds is 5. The summed E-state index contributed by atoms with van der Waals surface area (Å²) in [6.07, 6.45) is 10.5. The van der Waals surface area contributed by atoms with Crippen molar-refractivity contribution in [3.05, 3.63) is 12.4 Å². The normalized spacial score (nSPS) is 29.7. The van der Waals surface area contributed by atoms with Gasteiger partial charge in [0.2, 0.25) is 5.95 Å². The lowest BCUT2D eigenvalue weighted by atomic mass is 9.98. The third-order valence-electron chi connectivity index (χ3n) is 4.64. The molecule has 3 rings (SSSR count). The molecular formula is C15H26N4. The fourth-order valence-corrected chi connectivity index (χ4v) is 3.78. The van der Waals surface area contributed by atoms with E-state index in [1.54, 1.807) is 0 Å². The van der Waals surface area contributed by atoms with Gasteiger partial charge in [0, 0.05) is 43.6 Å². The summed E-state index contributed by atoms with van der Waals surface area (Å²) in [6.45, 7) is 6.60. The van der Waals surface area contributed by atoms with Crippen LogP contribution in [0, 0.1) is 0 Å². The lowest BCUT2D eigenvalue weighted by Crippen LogP contribution is -2.49. The van der Waals surface area contributed by atoms with Crippen molar-refractivity contribution >= 4 is 5.95 Å². The van der Waals surface area contributed by atoms with Gasteiger partial charge >= 0.3 is 0 Å². The summed E-state index contributed by atoms with van der Waals surface area (Å²) >= 11 is 0. The number of nitrogens with zero attached hydrogens (tertiary/aromatic N) is 3. The van der Waals surface area contributed by atoms with Crippen LogP contribution in [0.3, 0.4) is 0 Å². The molecule has 2 fully saturated rings.